The normalized spacial score (nSPS) is 9.74. The summed E-state index contributed by atoms with van der Waals surface area (Å²) in [5.74, 6) is -0.239. The largest absolute Gasteiger partial charge is 0.310 e. The van der Waals surface area contributed by atoms with Crippen LogP contribution in [-0.4, -0.2) is 22.9 Å². The highest BCUT2D eigenvalue weighted by Gasteiger charge is 2.14. The van der Waals surface area contributed by atoms with E-state index in [0.717, 1.165) is 5.69 Å². The fraction of sp³-hybridized carbons (Fsp3) is 0.143. The van der Waals surface area contributed by atoms with Crippen molar-refractivity contribution in [3.63, 3.8) is 0 Å². The molecule has 0 spiro atoms. The number of nitrogens with zero attached hydrogens (tertiary/aromatic N) is 4. The molecule has 0 radical (unpaired) electrons. The summed E-state index contributed by atoms with van der Waals surface area (Å²) in [7, 11) is 1.66. The Morgan fingerprint density at radius 2 is 1.89 bits per heavy atom. The molecule has 0 aliphatic carbocycles. The van der Waals surface area contributed by atoms with Gasteiger partial charge in [0.25, 0.3) is 5.91 Å². The minimum atomic E-state index is -0.239. The molecular formula is C14H12N4O. The number of hydrogen-bond donors (Lipinski definition) is 0. The molecule has 1 aromatic heterocycles. The van der Waals surface area contributed by atoms with Crippen LogP contribution in [0.2, 0.25) is 0 Å². The SMILES string of the molecule is Cc1cnc(C(=O)N(C)c2ccc(C#N)cc2)cn1. The van der Waals surface area contributed by atoms with Crippen molar-refractivity contribution in [3.05, 3.63) is 53.6 Å². The average molecular weight is 252 g/mol. The van der Waals surface area contributed by atoms with Gasteiger partial charge in [0.1, 0.15) is 5.69 Å². The van der Waals surface area contributed by atoms with E-state index in [4.69, 9.17) is 5.26 Å². The third-order valence-electron chi connectivity index (χ3n) is 2.69. The maximum absolute atomic E-state index is 12.2. The van der Waals surface area contributed by atoms with E-state index in [1.807, 2.05) is 13.0 Å². The highest BCUT2D eigenvalue weighted by Crippen LogP contribution is 2.15. The summed E-state index contributed by atoms with van der Waals surface area (Å²) in [6, 6.07) is 8.81. The zero-order valence-electron chi connectivity index (χ0n) is 10.7. The van der Waals surface area contributed by atoms with Gasteiger partial charge < -0.3 is 4.90 Å². The molecule has 0 fully saturated rings. The molecule has 0 aliphatic rings. The van der Waals surface area contributed by atoms with E-state index in [9.17, 15) is 4.79 Å². The number of nitriles is 1. The predicted octanol–water partition coefficient (Wildman–Crippen LogP) is 1.93. The molecular weight excluding hydrogens is 240 g/mol. The Balaban J connectivity index is 2.23. The summed E-state index contributed by atoms with van der Waals surface area (Å²) in [5.41, 5.74) is 2.31. The van der Waals surface area contributed by atoms with Crippen molar-refractivity contribution in [3.8, 4) is 6.07 Å². The summed E-state index contributed by atoms with van der Waals surface area (Å²) in [6.45, 7) is 1.81. The molecule has 0 atom stereocenters. The van der Waals surface area contributed by atoms with Crippen LogP contribution in [-0.2, 0) is 0 Å². The maximum atomic E-state index is 12.2. The second-order valence-electron chi connectivity index (χ2n) is 4.07. The van der Waals surface area contributed by atoms with Gasteiger partial charge in [-0.15, -0.1) is 0 Å². The third kappa shape index (κ3) is 2.75. The molecule has 0 bridgehead atoms. The molecule has 5 nitrogen and oxygen atoms in total. The monoisotopic (exact) mass is 252 g/mol. The third-order valence-corrected chi connectivity index (χ3v) is 2.69. The molecule has 19 heavy (non-hydrogen) atoms. The summed E-state index contributed by atoms with van der Waals surface area (Å²) >= 11 is 0. The lowest BCUT2D eigenvalue weighted by Gasteiger charge is -2.16. The van der Waals surface area contributed by atoms with Gasteiger partial charge in [0.15, 0.2) is 0 Å². The van der Waals surface area contributed by atoms with Gasteiger partial charge in [-0.25, -0.2) is 4.98 Å². The van der Waals surface area contributed by atoms with E-state index in [1.54, 1.807) is 37.5 Å². The Morgan fingerprint density at radius 1 is 1.21 bits per heavy atom. The smallest absolute Gasteiger partial charge is 0.278 e. The average Bonchev–Trinajstić information content (AvgIpc) is 2.46. The zero-order chi connectivity index (χ0) is 13.8. The molecule has 0 saturated heterocycles. The van der Waals surface area contributed by atoms with Crippen LogP contribution in [0.15, 0.2) is 36.7 Å². The van der Waals surface area contributed by atoms with Gasteiger partial charge in [-0.2, -0.15) is 5.26 Å². The van der Waals surface area contributed by atoms with Gasteiger partial charge in [-0.1, -0.05) is 0 Å². The van der Waals surface area contributed by atoms with Crippen molar-refractivity contribution < 1.29 is 4.79 Å². The van der Waals surface area contributed by atoms with Crippen LogP contribution >= 0.6 is 0 Å². The highest BCUT2D eigenvalue weighted by molar-refractivity contribution is 6.04. The van der Waals surface area contributed by atoms with Crippen LogP contribution in [0, 0.1) is 18.3 Å². The fourth-order valence-electron chi connectivity index (χ4n) is 1.55. The number of carbonyl (C=O) groups excluding carboxylic acids is 1. The molecule has 0 unspecified atom stereocenters. The van der Waals surface area contributed by atoms with E-state index in [2.05, 4.69) is 9.97 Å². The molecule has 2 aromatic rings. The van der Waals surface area contributed by atoms with Crippen molar-refractivity contribution in [2.24, 2.45) is 0 Å². The number of rotatable bonds is 2. The van der Waals surface area contributed by atoms with E-state index < -0.39 is 0 Å². The Kier molecular flexibility index (Phi) is 3.53. The van der Waals surface area contributed by atoms with Crippen LogP contribution < -0.4 is 4.90 Å². The van der Waals surface area contributed by atoms with Crippen LogP contribution in [0.5, 0.6) is 0 Å². The van der Waals surface area contributed by atoms with Gasteiger partial charge >= 0.3 is 0 Å². The zero-order valence-corrected chi connectivity index (χ0v) is 10.7. The summed E-state index contributed by atoms with van der Waals surface area (Å²) in [6.07, 6.45) is 3.01. The molecule has 1 heterocycles. The fourth-order valence-corrected chi connectivity index (χ4v) is 1.55. The van der Waals surface area contributed by atoms with Crippen molar-refractivity contribution in [2.75, 3.05) is 11.9 Å². The number of amides is 1. The predicted molar refractivity (Wildman–Crippen MR) is 70.7 cm³/mol. The van der Waals surface area contributed by atoms with Gasteiger partial charge in [-0.05, 0) is 31.2 Å². The van der Waals surface area contributed by atoms with Gasteiger partial charge in [-0.3, -0.25) is 9.78 Å². The van der Waals surface area contributed by atoms with Crippen molar-refractivity contribution in [1.82, 2.24) is 9.97 Å². The number of anilines is 1. The maximum Gasteiger partial charge on any atom is 0.278 e. The lowest BCUT2D eigenvalue weighted by molar-refractivity contribution is 0.0988. The summed E-state index contributed by atoms with van der Waals surface area (Å²) in [4.78, 5) is 21.7. The first-order chi connectivity index (χ1) is 9.11. The van der Waals surface area contributed by atoms with Crippen LogP contribution in [0.25, 0.3) is 0 Å². The molecule has 1 aromatic carbocycles. The number of aryl methyl sites for hydroxylation is 1. The number of aromatic nitrogens is 2. The lowest BCUT2D eigenvalue weighted by Crippen LogP contribution is -2.27. The van der Waals surface area contributed by atoms with Crippen LogP contribution in [0.3, 0.4) is 0 Å². The van der Waals surface area contributed by atoms with Gasteiger partial charge in [0.05, 0.1) is 23.5 Å². The first kappa shape index (κ1) is 12.7. The Morgan fingerprint density at radius 3 is 2.42 bits per heavy atom. The lowest BCUT2D eigenvalue weighted by atomic mass is 10.2. The first-order valence-corrected chi connectivity index (χ1v) is 5.68. The van der Waals surface area contributed by atoms with Crippen molar-refractivity contribution in [2.45, 2.75) is 6.92 Å². The Bertz CT molecular complexity index is 626. The van der Waals surface area contributed by atoms with E-state index in [1.165, 1.54) is 11.1 Å². The Labute approximate surface area is 111 Å². The van der Waals surface area contributed by atoms with Crippen molar-refractivity contribution in [1.29, 1.82) is 5.26 Å². The summed E-state index contributed by atoms with van der Waals surface area (Å²) in [5, 5.41) is 8.73. The minimum absolute atomic E-state index is 0.239. The number of benzene rings is 1. The second-order valence-corrected chi connectivity index (χ2v) is 4.07. The quantitative estimate of drug-likeness (QED) is 0.818. The summed E-state index contributed by atoms with van der Waals surface area (Å²) < 4.78 is 0. The molecule has 0 saturated carbocycles. The van der Waals surface area contributed by atoms with E-state index in [-0.39, 0.29) is 11.6 Å². The molecule has 94 valence electrons. The molecule has 0 N–H and O–H groups in total. The van der Waals surface area contributed by atoms with E-state index >= 15 is 0 Å². The van der Waals surface area contributed by atoms with Crippen LogP contribution in [0.4, 0.5) is 5.69 Å². The van der Waals surface area contributed by atoms with Gasteiger partial charge in [0.2, 0.25) is 0 Å². The van der Waals surface area contributed by atoms with Crippen LogP contribution in [0.1, 0.15) is 21.7 Å². The van der Waals surface area contributed by atoms with E-state index in [0.29, 0.717) is 11.3 Å². The second kappa shape index (κ2) is 5.27. The molecule has 2 rings (SSSR count). The molecule has 1 amide bonds. The molecule has 0 aliphatic heterocycles. The number of hydrogen-bond acceptors (Lipinski definition) is 4. The molecule has 5 heteroatoms. The minimum Gasteiger partial charge on any atom is -0.310 e. The number of carbonyl (C=O) groups is 1. The standard InChI is InChI=1S/C14H12N4O/c1-10-8-17-13(9-16-10)14(19)18(2)12-5-3-11(7-15)4-6-12/h3-6,8-9H,1-2H3. The highest BCUT2D eigenvalue weighted by atomic mass is 16.2. The topological polar surface area (TPSA) is 69.9 Å². The van der Waals surface area contributed by atoms with Gasteiger partial charge in [0, 0.05) is 18.9 Å². The Hall–Kier alpha value is -2.74. The van der Waals surface area contributed by atoms with Crippen molar-refractivity contribution >= 4 is 11.6 Å². The first-order valence-electron chi connectivity index (χ1n) is 5.68.